The molecule has 1 amide bonds. The van der Waals surface area contributed by atoms with Crippen molar-refractivity contribution in [3.05, 3.63) is 12.2 Å². The van der Waals surface area contributed by atoms with Gasteiger partial charge in [-0.1, -0.05) is 77.2 Å². The quantitative estimate of drug-likeness (QED) is 0.217. The monoisotopic (exact) mass is 383 g/mol. The van der Waals surface area contributed by atoms with Crippen LogP contribution in [-0.4, -0.2) is 35.7 Å². The van der Waals surface area contributed by atoms with Crippen molar-refractivity contribution < 1.29 is 19.4 Å². The highest BCUT2D eigenvalue weighted by molar-refractivity contribution is 5.73. The van der Waals surface area contributed by atoms with E-state index in [1.807, 2.05) is 6.08 Å². The highest BCUT2D eigenvalue weighted by Gasteiger charge is 2.21. The number of hydrogen-bond acceptors (Lipinski definition) is 4. The molecule has 2 N–H and O–H groups in total. The number of esters is 1. The van der Waals surface area contributed by atoms with Crippen molar-refractivity contribution in [3.63, 3.8) is 0 Å². The standard InChI is InChI=1S/C22H41NO4/c1-4-5-6-7-8-9-10-11-12-13-14-15-16-17-22(27-20(3)26)21(18-24)23-19(2)25/h16-17,21-22,24H,4-15,18H2,1-3H3,(H,23,25)/b17-16+/t21-,22+/m1/s1. The first-order valence-electron chi connectivity index (χ1n) is 10.7. The van der Waals surface area contributed by atoms with E-state index < -0.39 is 18.1 Å². The third-order valence-electron chi connectivity index (χ3n) is 4.58. The average Bonchev–Trinajstić information content (AvgIpc) is 2.62. The Morgan fingerprint density at radius 3 is 1.89 bits per heavy atom. The van der Waals surface area contributed by atoms with Gasteiger partial charge in [-0.05, 0) is 18.9 Å². The summed E-state index contributed by atoms with van der Waals surface area (Å²) in [6.07, 6.45) is 18.4. The fourth-order valence-corrected chi connectivity index (χ4v) is 3.10. The van der Waals surface area contributed by atoms with Gasteiger partial charge in [-0.3, -0.25) is 9.59 Å². The van der Waals surface area contributed by atoms with Gasteiger partial charge in [-0.2, -0.15) is 0 Å². The fraction of sp³-hybridized carbons (Fsp3) is 0.818. The van der Waals surface area contributed by atoms with Crippen LogP contribution in [0.3, 0.4) is 0 Å². The number of aliphatic hydroxyl groups excluding tert-OH is 1. The maximum Gasteiger partial charge on any atom is 0.303 e. The van der Waals surface area contributed by atoms with Crippen LogP contribution < -0.4 is 5.32 Å². The second-order valence-corrected chi connectivity index (χ2v) is 7.32. The molecule has 158 valence electrons. The molecule has 5 nitrogen and oxygen atoms in total. The van der Waals surface area contributed by atoms with Crippen LogP contribution in [0.4, 0.5) is 0 Å². The Hall–Kier alpha value is -1.36. The van der Waals surface area contributed by atoms with E-state index in [1.54, 1.807) is 6.08 Å². The van der Waals surface area contributed by atoms with Gasteiger partial charge in [0.1, 0.15) is 6.10 Å². The van der Waals surface area contributed by atoms with E-state index in [2.05, 4.69) is 12.2 Å². The fourth-order valence-electron chi connectivity index (χ4n) is 3.10. The van der Waals surface area contributed by atoms with E-state index in [0.717, 1.165) is 12.8 Å². The van der Waals surface area contributed by atoms with Gasteiger partial charge < -0.3 is 15.2 Å². The summed E-state index contributed by atoms with van der Waals surface area (Å²) in [5.41, 5.74) is 0. The van der Waals surface area contributed by atoms with Gasteiger partial charge in [0, 0.05) is 13.8 Å². The smallest absolute Gasteiger partial charge is 0.303 e. The Kier molecular flexibility index (Phi) is 17.1. The lowest BCUT2D eigenvalue weighted by atomic mass is 10.0. The Morgan fingerprint density at radius 2 is 1.44 bits per heavy atom. The van der Waals surface area contributed by atoms with Crippen LogP contribution in [0.2, 0.25) is 0 Å². The summed E-state index contributed by atoms with van der Waals surface area (Å²) in [4.78, 5) is 22.4. The first-order valence-corrected chi connectivity index (χ1v) is 10.7. The number of carbonyl (C=O) groups is 2. The minimum Gasteiger partial charge on any atom is -0.456 e. The Bertz CT molecular complexity index is 409. The highest BCUT2D eigenvalue weighted by Crippen LogP contribution is 2.12. The molecule has 0 rings (SSSR count). The van der Waals surface area contributed by atoms with E-state index in [4.69, 9.17) is 4.74 Å². The Morgan fingerprint density at radius 1 is 0.926 bits per heavy atom. The summed E-state index contributed by atoms with van der Waals surface area (Å²) in [6, 6.07) is -0.611. The molecule has 27 heavy (non-hydrogen) atoms. The molecule has 0 radical (unpaired) electrons. The van der Waals surface area contributed by atoms with Crippen molar-refractivity contribution in [2.45, 2.75) is 110 Å². The predicted molar refractivity (Wildman–Crippen MR) is 110 cm³/mol. The number of rotatable bonds is 17. The van der Waals surface area contributed by atoms with Crippen LogP contribution >= 0.6 is 0 Å². The first-order chi connectivity index (χ1) is 13.0. The normalized spacial score (nSPS) is 13.5. The molecular weight excluding hydrogens is 342 g/mol. The predicted octanol–water partition coefficient (Wildman–Crippen LogP) is 4.67. The summed E-state index contributed by atoms with van der Waals surface area (Å²) in [5.74, 6) is -0.687. The van der Waals surface area contributed by atoms with Gasteiger partial charge in [-0.15, -0.1) is 0 Å². The number of allylic oxidation sites excluding steroid dienone is 1. The van der Waals surface area contributed by atoms with Crippen LogP contribution in [0, 0.1) is 0 Å². The molecule has 0 aromatic carbocycles. The van der Waals surface area contributed by atoms with Gasteiger partial charge in [0.15, 0.2) is 0 Å². The van der Waals surface area contributed by atoms with E-state index in [9.17, 15) is 14.7 Å². The number of nitrogens with one attached hydrogen (secondary N) is 1. The molecule has 0 fully saturated rings. The van der Waals surface area contributed by atoms with E-state index >= 15 is 0 Å². The Balaban J connectivity index is 3.88. The van der Waals surface area contributed by atoms with Crippen molar-refractivity contribution in [1.82, 2.24) is 5.32 Å². The maximum absolute atomic E-state index is 11.2. The summed E-state index contributed by atoms with van der Waals surface area (Å²) in [5, 5.41) is 12.0. The van der Waals surface area contributed by atoms with Crippen molar-refractivity contribution >= 4 is 11.9 Å². The van der Waals surface area contributed by atoms with E-state index in [-0.39, 0.29) is 12.5 Å². The topological polar surface area (TPSA) is 75.6 Å². The van der Waals surface area contributed by atoms with Crippen LogP contribution in [0.25, 0.3) is 0 Å². The molecule has 0 aliphatic carbocycles. The molecule has 0 unspecified atom stereocenters. The second kappa shape index (κ2) is 18.0. The number of carbonyl (C=O) groups excluding carboxylic acids is 2. The Labute approximate surface area is 165 Å². The molecule has 5 heteroatoms. The first kappa shape index (κ1) is 25.6. The molecule has 0 saturated carbocycles. The molecule has 0 aromatic rings. The van der Waals surface area contributed by atoms with Gasteiger partial charge in [0.25, 0.3) is 0 Å². The van der Waals surface area contributed by atoms with Crippen molar-refractivity contribution in [3.8, 4) is 0 Å². The summed E-state index contributed by atoms with van der Waals surface area (Å²) < 4.78 is 5.21. The van der Waals surface area contributed by atoms with Crippen LogP contribution in [0.1, 0.15) is 97.8 Å². The molecule has 0 aliphatic heterocycles. The molecule has 0 bridgehead atoms. The molecule has 0 heterocycles. The SMILES string of the molecule is CCCCCCCCCCCCC/C=C/[C@H](OC(C)=O)[C@@H](CO)NC(C)=O. The van der Waals surface area contributed by atoms with Gasteiger partial charge in [-0.25, -0.2) is 0 Å². The summed E-state index contributed by atoms with van der Waals surface area (Å²) in [7, 11) is 0. The highest BCUT2D eigenvalue weighted by atomic mass is 16.5. The lowest BCUT2D eigenvalue weighted by molar-refractivity contribution is -0.146. The van der Waals surface area contributed by atoms with E-state index in [0.29, 0.717) is 0 Å². The van der Waals surface area contributed by atoms with Crippen molar-refractivity contribution in [2.24, 2.45) is 0 Å². The number of ether oxygens (including phenoxy) is 1. The zero-order chi connectivity index (χ0) is 20.3. The van der Waals surface area contributed by atoms with Crippen molar-refractivity contribution in [2.75, 3.05) is 6.61 Å². The van der Waals surface area contributed by atoms with Crippen LogP contribution in [0.15, 0.2) is 12.2 Å². The summed E-state index contributed by atoms with van der Waals surface area (Å²) in [6.45, 7) is 4.68. The van der Waals surface area contributed by atoms with Gasteiger partial charge in [0.05, 0.1) is 12.6 Å². The van der Waals surface area contributed by atoms with Crippen LogP contribution in [-0.2, 0) is 14.3 Å². The van der Waals surface area contributed by atoms with Crippen LogP contribution in [0.5, 0.6) is 0 Å². The minimum atomic E-state index is -0.635. The number of aliphatic hydroxyl groups is 1. The zero-order valence-corrected chi connectivity index (χ0v) is 17.7. The van der Waals surface area contributed by atoms with Gasteiger partial charge >= 0.3 is 5.97 Å². The third-order valence-corrected chi connectivity index (χ3v) is 4.58. The molecule has 0 aliphatic rings. The number of amides is 1. The minimum absolute atomic E-state index is 0.259. The lowest BCUT2D eigenvalue weighted by Gasteiger charge is -2.23. The second-order valence-electron chi connectivity index (χ2n) is 7.32. The van der Waals surface area contributed by atoms with Gasteiger partial charge in [0.2, 0.25) is 5.91 Å². The maximum atomic E-state index is 11.2. The average molecular weight is 384 g/mol. The zero-order valence-electron chi connectivity index (χ0n) is 17.7. The molecule has 2 atom stereocenters. The van der Waals surface area contributed by atoms with E-state index in [1.165, 1.54) is 78.1 Å². The number of hydrogen-bond donors (Lipinski definition) is 2. The number of unbranched alkanes of at least 4 members (excludes halogenated alkanes) is 11. The third kappa shape index (κ3) is 16.5. The van der Waals surface area contributed by atoms with Crippen molar-refractivity contribution in [1.29, 1.82) is 0 Å². The molecule has 0 aromatic heterocycles. The molecular formula is C22H41NO4. The summed E-state index contributed by atoms with van der Waals surface area (Å²) >= 11 is 0. The molecule has 0 spiro atoms. The largest absolute Gasteiger partial charge is 0.456 e. The molecule has 0 saturated heterocycles. The lowest BCUT2D eigenvalue weighted by Crippen LogP contribution is -2.45.